The number of nitrogens with one attached hydrogen (secondary N) is 1. The topological polar surface area (TPSA) is 132 Å². The lowest BCUT2D eigenvalue weighted by atomic mass is 9.76. The quantitative estimate of drug-likeness (QED) is 0.296. The fourth-order valence-electron chi connectivity index (χ4n) is 4.62. The second-order valence-electron chi connectivity index (χ2n) is 9.17. The van der Waals surface area contributed by atoms with Crippen LogP contribution in [0.25, 0.3) is 0 Å². The maximum absolute atomic E-state index is 13.5. The van der Waals surface area contributed by atoms with Crippen LogP contribution in [0.15, 0.2) is 58.4 Å². The zero-order valence-electron chi connectivity index (χ0n) is 19.5. The number of hydrogen-bond acceptors (Lipinski definition) is 8. The van der Waals surface area contributed by atoms with Gasteiger partial charge in [-0.1, -0.05) is 36.9 Å². The molecule has 13 heteroatoms. The van der Waals surface area contributed by atoms with E-state index >= 15 is 0 Å². The smallest absolute Gasteiger partial charge is 0.308 e. The van der Waals surface area contributed by atoms with Crippen molar-refractivity contribution in [3.05, 3.63) is 79.0 Å². The number of rotatable bonds is 5. The number of thioether (sulfide) groups is 1. The Morgan fingerprint density at radius 3 is 2.35 bits per heavy atom. The van der Waals surface area contributed by atoms with Gasteiger partial charge < -0.3 is 5.32 Å². The Kier molecular flexibility index (Phi) is 5.99. The highest BCUT2D eigenvalue weighted by atomic mass is 32.2. The molecule has 37 heavy (non-hydrogen) atoms. The Morgan fingerprint density at radius 2 is 1.73 bits per heavy atom. The Balaban J connectivity index is 1.45. The van der Waals surface area contributed by atoms with Crippen LogP contribution in [0.4, 0.5) is 21.5 Å². The lowest BCUT2D eigenvalue weighted by molar-refractivity contribution is -0.384. The summed E-state index contributed by atoms with van der Waals surface area (Å²) in [7, 11) is 0. The van der Waals surface area contributed by atoms with E-state index in [2.05, 4.69) is 5.32 Å². The van der Waals surface area contributed by atoms with Crippen LogP contribution in [0, 0.1) is 21.8 Å². The molecule has 1 saturated heterocycles. The molecule has 3 aromatic rings. The van der Waals surface area contributed by atoms with Gasteiger partial charge in [-0.3, -0.25) is 33.9 Å². The van der Waals surface area contributed by atoms with Gasteiger partial charge in [0.25, 0.3) is 5.69 Å². The van der Waals surface area contributed by atoms with Gasteiger partial charge in [0.2, 0.25) is 17.7 Å². The number of aromatic nitrogens is 1. The van der Waals surface area contributed by atoms with Crippen LogP contribution in [-0.4, -0.2) is 32.5 Å². The predicted molar refractivity (Wildman–Crippen MR) is 135 cm³/mol. The van der Waals surface area contributed by atoms with Gasteiger partial charge in [-0.25, -0.2) is 9.29 Å². The third-order valence-electron chi connectivity index (χ3n) is 6.45. The molecule has 10 nitrogen and oxygen atoms in total. The average Bonchev–Trinajstić information content (AvgIpc) is 3.29. The van der Waals surface area contributed by atoms with E-state index in [1.54, 1.807) is 13.8 Å². The maximum atomic E-state index is 13.5. The standard InChI is InChI=1S/C24H19FN4O6S2/c1-24(2)17-18(21(32)28(20(17)31)14-7-9-15(10-8-14)29(34)35)36-22-19(24)37-23(33)27(22)11-16(30)26-13-5-3-12(25)4-6-13/h3-10,17-18H,11H2,1-2H3,(H,26,30). The number of nitro benzene ring substituents is 1. The van der Waals surface area contributed by atoms with Gasteiger partial charge in [0, 0.05) is 28.1 Å². The minimum absolute atomic E-state index is 0.167. The van der Waals surface area contributed by atoms with E-state index in [4.69, 9.17) is 0 Å². The number of carbonyl (C=O) groups is 3. The summed E-state index contributed by atoms with van der Waals surface area (Å²) in [5.41, 5.74) is -0.464. The highest BCUT2D eigenvalue weighted by Crippen LogP contribution is 2.54. The number of nitrogens with zero attached hydrogens (tertiary/aromatic N) is 3. The molecular weight excluding hydrogens is 523 g/mol. The van der Waals surface area contributed by atoms with Gasteiger partial charge in [-0.2, -0.15) is 0 Å². The van der Waals surface area contributed by atoms with Crippen LogP contribution in [-0.2, 0) is 26.3 Å². The van der Waals surface area contributed by atoms with E-state index in [1.165, 1.54) is 53.1 Å². The van der Waals surface area contributed by atoms with Crippen molar-refractivity contribution in [2.45, 2.75) is 36.1 Å². The highest BCUT2D eigenvalue weighted by molar-refractivity contribution is 8.00. The van der Waals surface area contributed by atoms with Crippen molar-refractivity contribution < 1.29 is 23.7 Å². The molecule has 2 atom stereocenters. The second kappa shape index (κ2) is 8.92. The highest BCUT2D eigenvalue weighted by Gasteiger charge is 2.59. The summed E-state index contributed by atoms with van der Waals surface area (Å²) in [6, 6.07) is 10.4. The Bertz CT molecular complexity index is 1510. The molecule has 1 fully saturated rings. The first kappa shape index (κ1) is 24.8. The SMILES string of the molecule is CC1(C)c2sc(=O)n(CC(=O)Nc3ccc(F)cc3)c2SC2C(=O)N(c3ccc([N+](=O)[O-])cc3)C(=O)C21. The zero-order valence-corrected chi connectivity index (χ0v) is 21.1. The second-order valence-corrected chi connectivity index (χ2v) is 11.3. The van der Waals surface area contributed by atoms with Crippen LogP contribution in [0.1, 0.15) is 18.7 Å². The van der Waals surface area contributed by atoms with Crippen molar-refractivity contribution in [2.75, 3.05) is 10.2 Å². The molecule has 0 spiro atoms. The van der Waals surface area contributed by atoms with E-state index < -0.39 is 49.9 Å². The summed E-state index contributed by atoms with van der Waals surface area (Å²) < 4.78 is 14.4. The monoisotopic (exact) mass is 542 g/mol. The van der Waals surface area contributed by atoms with Crippen LogP contribution >= 0.6 is 23.1 Å². The summed E-state index contributed by atoms with van der Waals surface area (Å²) in [6.07, 6.45) is 0. The van der Waals surface area contributed by atoms with Gasteiger partial charge in [-0.15, -0.1) is 0 Å². The number of thiazole rings is 1. The Morgan fingerprint density at radius 1 is 1.08 bits per heavy atom. The number of benzene rings is 2. The molecular formula is C24H19FN4O6S2. The normalized spacial score (nSPS) is 19.9. The third-order valence-corrected chi connectivity index (χ3v) is 9.28. The minimum atomic E-state index is -0.893. The van der Waals surface area contributed by atoms with Crippen molar-refractivity contribution in [3.8, 4) is 0 Å². The maximum Gasteiger partial charge on any atom is 0.308 e. The number of fused-ring (bicyclic) bond motifs is 2. The van der Waals surface area contributed by atoms with Gasteiger partial charge in [-0.05, 0) is 36.4 Å². The number of nitro groups is 1. The summed E-state index contributed by atoms with van der Waals surface area (Å²) in [4.78, 5) is 64.1. The van der Waals surface area contributed by atoms with Gasteiger partial charge in [0.1, 0.15) is 17.6 Å². The molecule has 5 rings (SSSR count). The van der Waals surface area contributed by atoms with E-state index in [0.29, 0.717) is 15.6 Å². The Hall–Kier alpha value is -3.84. The number of amides is 3. The van der Waals surface area contributed by atoms with E-state index in [1.807, 2.05) is 0 Å². The van der Waals surface area contributed by atoms with Crippen molar-refractivity contribution in [3.63, 3.8) is 0 Å². The van der Waals surface area contributed by atoms with Crippen LogP contribution in [0.3, 0.4) is 0 Å². The molecule has 0 aliphatic carbocycles. The molecule has 2 aromatic carbocycles. The molecule has 3 amide bonds. The average molecular weight is 543 g/mol. The molecule has 1 N–H and O–H groups in total. The molecule has 3 heterocycles. The number of carbonyl (C=O) groups excluding carboxylic acids is 3. The number of non-ortho nitro benzene ring substituents is 1. The fourth-order valence-corrected chi connectivity index (χ4v) is 7.66. The largest absolute Gasteiger partial charge is 0.325 e. The van der Waals surface area contributed by atoms with Gasteiger partial charge in [0.05, 0.1) is 21.6 Å². The van der Waals surface area contributed by atoms with E-state index in [-0.39, 0.29) is 17.9 Å². The van der Waals surface area contributed by atoms with Crippen LogP contribution in [0.2, 0.25) is 0 Å². The van der Waals surface area contributed by atoms with E-state index in [9.17, 15) is 33.7 Å². The third kappa shape index (κ3) is 4.13. The van der Waals surface area contributed by atoms with Gasteiger partial charge in [0.15, 0.2) is 0 Å². The van der Waals surface area contributed by atoms with E-state index in [0.717, 1.165) is 28.0 Å². The van der Waals surface area contributed by atoms with Crippen molar-refractivity contribution in [1.82, 2.24) is 4.57 Å². The van der Waals surface area contributed by atoms with Crippen molar-refractivity contribution in [1.29, 1.82) is 0 Å². The number of halogens is 1. The van der Waals surface area contributed by atoms with Crippen molar-refractivity contribution in [2.24, 2.45) is 5.92 Å². The first-order valence-corrected chi connectivity index (χ1v) is 12.8. The first-order chi connectivity index (χ1) is 17.5. The first-order valence-electron chi connectivity index (χ1n) is 11.1. The summed E-state index contributed by atoms with van der Waals surface area (Å²) >= 11 is 2.00. The lowest BCUT2D eigenvalue weighted by Crippen LogP contribution is -2.41. The molecule has 190 valence electrons. The molecule has 0 saturated carbocycles. The fraction of sp³-hybridized carbons (Fsp3) is 0.250. The molecule has 1 aromatic heterocycles. The summed E-state index contributed by atoms with van der Waals surface area (Å²) in [6.45, 7) is 3.25. The predicted octanol–water partition coefficient (Wildman–Crippen LogP) is 3.54. The number of anilines is 2. The van der Waals surface area contributed by atoms with Gasteiger partial charge >= 0.3 is 4.87 Å². The zero-order chi connectivity index (χ0) is 26.6. The molecule has 0 bridgehead atoms. The Labute approximate surface area is 217 Å². The molecule has 2 aliphatic heterocycles. The number of imide groups is 1. The lowest BCUT2D eigenvalue weighted by Gasteiger charge is -2.36. The minimum Gasteiger partial charge on any atom is -0.325 e. The van der Waals surface area contributed by atoms with Crippen LogP contribution in [0.5, 0.6) is 0 Å². The number of hydrogen-bond donors (Lipinski definition) is 1. The summed E-state index contributed by atoms with van der Waals surface area (Å²) in [5, 5.41) is 13.2. The van der Waals surface area contributed by atoms with Crippen LogP contribution < -0.4 is 15.1 Å². The molecule has 0 radical (unpaired) electrons. The molecule has 2 unspecified atom stereocenters. The molecule has 2 aliphatic rings. The summed E-state index contributed by atoms with van der Waals surface area (Å²) in [5.74, 6) is -2.67. The van der Waals surface area contributed by atoms with Crippen molar-refractivity contribution >= 4 is 57.9 Å².